The van der Waals surface area contributed by atoms with E-state index in [1.807, 2.05) is 19.1 Å². The number of para-hydroxylation sites is 1. The molecule has 1 N–H and O–H groups in total. The number of nitrogens with zero attached hydrogens (tertiary/aromatic N) is 2. The van der Waals surface area contributed by atoms with E-state index in [9.17, 15) is 12.8 Å². The first kappa shape index (κ1) is 18.3. The highest BCUT2D eigenvalue weighted by atomic mass is 32.2. The van der Waals surface area contributed by atoms with Crippen LogP contribution < -0.4 is 4.72 Å². The van der Waals surface area contributed by atoms with Crippen molar-refractivity contribution in [2.75, 3.05) is 4.72 Å². The number of hydrogen-bond donors (Lipinski definition) is 1. The second kappa shape index (κ2) is 7.17. The maximum atomic E-state index is 13.4. The minimum Gasteiger partial charge on any atom is -0.334 e. The standard InChI is InChI=1S/C19H14FN3O3S2/c1-12-5-2-3-8-16(12)23-28(24,25)17-10-14(11-27-17)19-21-18(22-26-19)13-6-4-7-15(20)9-13/h2-11,23H,1H3. The predicted molar refractivity (Wildman–Crippen MR) is 105 cm³/mol. The lowest BCUT2D eigenvalue weighted by molar-refractivity contribution is 0.432. The Morgan fingerprint density at radius 2 is 1.89 bits per heavy atom. The second-order valence-corrected chi connectivity index (χ2v) is 8.83. The lowest BCUT2D eigenvalue weighted by atomic mass is 10.2. The summed E-state index contributed by atoms with van der Waals surface area (Å²) in [6.45, 7) is 1.82. The number of sulfonamides is 1. The van der Waals surface area contributed by atoms with Crippen LogP contribution in [0.1, 0.15) is 5.56 Å². The van der Waals surface area contributed by atoms with Gasteiger partial charge in [-0.25, -0.2) is 12.8 Å². The van der Waals surface area contributed by atoms with Crippen molar-refractivity contribution in [3.63, 3.8) is 0 Å². The van der Waals surface area contributed by atoms with Crippen molar-refractivity contribution in [1.82, 2.24) is 10.1 Å². The van der Waals surface area contributed by atoms with Crippen LogP contribution in [-0.2, 0) is 10.0 Å². The number of nitrogens with one attached hydrogen (secondary N) is 1. The molecule has 28 heavy (non-hydrogen) atoms. The van der Waals surface area contributed by atoms with E-state index >= 15 is 0 Å². The first-order valence-corrected chi connectivity index (χ1v) is 10.6. The van der Waals surface area contributed by atoms with Gasteiger partial charge in [0.1, 0.15) is 10.0 Å². The van der Waals surface area contributed by atoms with E-state index in [0.717, 1.165) is 16.9 Å². The van der Waals surface area contributed by atoms with Crippen molar-refractivity contribution in [2.45, 2.75) is 11.1 Å². The normalized spacial score (nSPS) is 11.5. The minimum absolute atomic E-state index is 0.122. The Hall–Kier alpha value is -3.04. The van der Waals surface area contributed by atoms with Gasteiger partial charge in [0, 0.05) is 10.9 Å². The fourth-order valence-corrected chi connectivity index (χ4v) is 4.82. The third-order valence-electron chi connectivity index (χ3n) is 3.99. The second-order valence-electron chi connectivity index (χ2n) is 6.01. The summed E-state index contributed by atoms with van der Waals surface area (Å²) in [6.07, 6.45) is 0. The van der Waals surface area contributed by atoms with Gasteiger partial charge in [-0.1, -0.05) is 35.5 Å². The van der Waals surface area contributed by atoms with Crippen molar-refractivity contribution in [3.05, 3.63) is 71.4 Å². The largest absolute Gasteiger partial charge is 0.334 e. The van der Waals surface area contributed by atoms with Crippen molar-refractivity contribution in [3.8, 4) is 22.8 Å². The Morgan fingerprint density at radius 3 is 2.68 bits per heavy atom. The van der Waals surface area contributed by atoms with Crippen LogP contribution in [0.15, 0.2) is 68.7 Å². The van der Waals surface area contributed by atoms with E-state index in [1.165, 1.54) is 18.2 Å². The average Bonchev–Trinajstić information content (AvgIpc) is 3.33. The van der Waals surface area contributed by atoms with Crippen LogP contribution in [0.2, 0.25) is 0 Å². The van der Waals surface area contributed by atoms with Gasteiger partial charge in [-0.05, 0) is 36.8 Å². The zero-order chi connectivity index (χ0) is 19.7. The molecule has 4 aromatic rings. The zero-order valence-corrected chi connectivity index (χ0v) is 16.2. The van der Waals surface area contributed by atoms with Crippen LogP contribution in [-0.4, -0.2) is 18.6 Å². The molecule has 0 amide bonds. The molecule has 2 heterocycles. The van der Waals surface area contributed by atoms with Gasteiger partial charge in [-0.2, -0.15) is 4.98 Å². The summed E-state index contributed by atoms with van der Waals surface area (Å²) >= 11 is 1.05. The Morgan fingerprint density at radius 1 is 1.07 bits per heavy atom. The Bertz CT molecular complexity index is 1250. The van der Waals surface area contributed by atoms with Crippen molar-refractivity contribution >= 4 is 27.0 Å². The van der Waals surface area contributed by atoms with E-state index < -0.39 is 15.8 Å². The molecule has 0 aliphatic rings. The molecule has 2 aromatic heterocycles. The lowest BCUT2D eigenvalue weighted by Crippen LogP contribution is -2.12. The highest BCUT2D eigenvalue weighted by molar-refractivity contribution is 7.94. The molecule has 0 radical (unpaired) electrons. The summed E-state index contributed by atoms with van der Waals surface area (Å²) in [7, 11) is -3.74. The number of aromatic nitrogens is 2. The number of aryl methyl sites for hydroxylation is 1. The SMILES string of the molecule is Cc1ccccc1NS(=O)(=O)c1cc(-c2nc(-c3cccc(F)c3)no2)cs1. The van der Waals surface area contributed by atoms with Gasteiger partial charge in [0.15, 0.2) is 0 Å². The lowest BCUT2D eigenvalue weighted by Gasteiger charge is -2.08. The smallest absolute Gasteiger partial charge is 0.271 e. The molecular formula is C19H14FN3O3S2. The Labute approximate surface area is 164 Å². The van der Waals surface area contributed by atoms with Crippen LogP contribution in [0.3, 0.4) is 0 Å². The first-order chi connectivity index (χ1) is 13.4. The third kappa shape index (κ3) is 3.67. The molecule has 9 heteroatoms. The van der Waals surface area contributed by atoms with Gasteiger partial charge < -0.3 is 4.52 Å². The number of halogens is 1. The highest BCUT2D eigenvalue weighted by Gasteiger charge is 2.20. The van der Waals surface area contributed by atoms with Crippen LogP contribution in [0.5, 0.6) is 0 Å². The minimum atomic E-state index is -3.74. The number of anilines is 1. The molecule has 0 aliphatic heterocycles. The quantitative estimate of drug-likeness (QED) is 0.510. The van der Waals surface area contributed by atoms with Crippen LogP contribution in [0.25, 0.3) is 22.8 Å². The molecule has 0 unspecified atom stereocenters. The predicted octanol–water partition coefficient (Wildman–Crippen LogP) is 4.71. The number of thiophene rings is 1. The molecule has 6 nitrogen and oxygen atoms in total. The molecule has 0 spiro atoms. The van der Waals surface area contributed by atoms with Crippen LogP contribution >= 0.6 is 11.3 Å². The molecule has 142 valence electrons. The summed E-state index contributed by atoms with van der Waals surface area (Å²) in [6, 6.07) is 14.4. The van der Waals surface area contributed by atoms with Gasteiger partial charge in [-0.3, -0.25) is 4.72 Å². The van der Waals surface area contributed by atoms with Gasteiger partial charge in [0.2, 0.25) is 5.82 Å². The Balaban J connectivity index is 1.60. The summed E-state index contributed by atoms with van der Waals surface area (Å²) in [4.78, 5) is 4.23. The zero-order valence-electron chi connectivity index (χ0n) is 14.6. The van der Waals surface area contributed by atoms with Crippen molar-refractivity contribution < 1.29 is 17.3 Å². The fourth-order valence-electron chi connectivity index (χ4n) is 2.54. The van der Waals surface area contributed by atoms with Crippen molar-refractivity contribution in [2.24, 2.45) is 0 Å². The van der Waals surface area contributed by atoms with Crippen molar-refractivity contribution in [1.29, 1.82) is 0 Å². The van der Waals surface area contributed by atoms with Gasteiger partial charge >= 0.3 is 0 Å². The number of rotatable bonds is 5. The van der Waals surface area contributed by atoms with E-state index in [0.29, 0.717) is 16.8 Å². The van der Waals surface area contributed by atoms with E-state index in [2.05, 4.69) is 14.9 Å². The van der Waals surface area contributed by atoms with E-state index in [-0.39, 0.29) is 15.9 Å². The molecule has 0 bridgehead atoms. The van der Waals surface area contributed by atoms with Crippen LogP contribution in [0.4, 0.5) is 10.1 Å². The molecule has 0 saturated heterocycles. The summed E-state index contributed by atoms with van der Waals surface area (Å²) in [5.41, 5.74) is 2.28. The molecule has 0 saturated carbocycles. The monoisotopic (exact) mass is 415 g/mol. The van der Waals surface area contributed by atoms with E-state index in [4.69, 9.17) is 4.52 Å². The average molecular weight is 415 g/mol. The molecule has 4 rings (SSSR count). The molecule has 0 atom stereocenters. The molecule has 0 fully saturated rings. The number of benzene rings is 2. The third-order valence-corrected chi connectivity index (χ3v) is 6.79. The topological polar surface area (TPSA) is 85.1 Å². The number of hydrogen-bond acceptors (Lipinski definition) is 6. The fraction of sp³-hybridized carbons (Fsp3) is 0.0526. The maximum absolute atomic E-state index is 13.4. The summed E-state index contributed by atoms with van der Waals surface area (Å²) in [5, 5.41) is 5.46. The maximum Gasteiger partial charge on any atom is 0.271 e. The van der Waals surface area contributed by atoms with Gasteiger partial charge in [0.05, 0.1) is 11.3 Å². The van der Waals surface area contributed by atoms with Gasteiger partial charge in [0.25, 0.3) is 15.9 Å². The highest BCUT2D eigenvalue weighted by Crippen LogP contribution is 2.30. The van der Waals surface area contributed by atoms with Crippen LogP contribution in [0, 0.1) is 12.7 Å². The molecule has 2 aromatic carbocycles. The van der Waals surface area contributed by atoms with Gasteiger partial charge in [-0.15, -0.1) is 11.3 Å². The summed E-state index contributed by atoms with van der Waals surface area (Å²) in [5.74, 6) is -0.0222. The van der Waals surface area contributed by atoms with E-state index in [1.54, 1.807) is 29.6 Å². The Kier molecular flexibility index (Phi) is 4.70. The molecular weight excluding hydrogens is 401 g/mol. The molecule has 0 aliphatic carbocycles. The first-order valence-electron chi connectivity index (χ1n) is 8.19. The summed E-state index contributed by atoms with van der Waals surface area (Å²) < 4.78 is 46.6.